The summed E-state index contributed by atoms with van der Waals surface area (Å²) >= 11 is 7.28. The number of fused-ring (bicyclic) bond motifs is 1. The van der Waals surface area contributed by atoms with Crippen molar-refractivity contribution in [3.63, 3.8) is 0 Å². The molecule has 9 heteroatoms. The van der Waals surface area contributed by atoms with Crippen LogP contribution in [0, 0.1) is 19.7 Å². The molecule has 158 valence electrons. The van der Waals surface area contributed by atoms with Crippen LogP contribution in [0.4, 0.5) is 10.1 Å². The Morgan fingerprint density at radius 3 is 2.68 bits per heavy atom. The first-order valence-corrected chi connectivity index (χ1v) is 10.6. The van der Waals surface area contributed by atoms with Crippen LogP contribution in [-0.2, 0) is 11.3 Å². The van der Waals surface area contributed by atoms with E-state index in [1.807, 2.05) is 0 Å². The van der Waals surface area contributed by atoms with Gasteiger partial charge in [-0.1, -0.05) is 17.7 Å². The highest BCUT2D eigenvalue weighted by Gasteiger charge is 2.18. The molecule has 0 bridgehead atoms. The summed E-state index contributed by atoms with van der Waals surface area (Å²) in [6.45, 7) is 3.02. The van der Waals surface area contributed by atoms with Crippen LogP contribution in [0.15, 0.2) is 57.4 Å². The van der Waals surface area contributed by atoms with Gasteiger partial charge in [-0.25, -0.2) is 13.8 Å². The van der Waals surface area contributed by atoms with E-state index < -0.39 is 23.0 Å². The number of rotatable bonds is 4. The molecule has 0 saturated carbocycles. The molecule has 0 aliphatic heterocycles. The van der Waals surface area contributed by atoms with Gasteiger partial charge in [-0.3, -0.25) is 14.2 Å². The van der Waals surface area contributed by atoms with Crippen molar-refractivity contribution in [2.24, 2.45) is 0 Å². The van der Waals surface area contributed by atoms with Gasteiger partial charge in [0.2, 0.25) is 5.91 Å². The van der Waals surface area contributed by atoms with Crippen LogP contribution >= 0.6 is 22.9 Å². The smallest absolute Gasteiger partial charge is 0.324 e. The summed E-state index contributed by atoms with van der Waals surface area (Å²) in [6, 6.07) is 10.8. The minimum Gasteiger partial charge on any atom is -0.324 e. The standard InChI is InChI=1S/C22H17ClFN3O3S/c1-12-10-14(6-7-16(12)24)27-21(29)20-18(8-9-31-20)26(22(27)30)11-19(28)25-17-5-3-4-15(23)13(17)2/h3-10H,11H2,1-2H3,(H,25,28). The molecule has 0 saturated heterocycles. The van der Waals surface area contributed by atoms with E-state index in [1.54, 1.807) is 43.5 Å². The largest absolute Gasteiger partial charge is 0.336 e. The lowest BCUT2D eigenvalue weighted by Gasteiger charge is -2.14. The molecular formula is C22H17ClFN3O3S. The van der Waals surface area contributed by atoms with Crippen LogP contribution in [0.3, 0.4) is 0 Å². The molecule has 0 aliphatic carbocycles. The number of aryl methyl sites for hydroxylation is 1. The number of carbonyl (C=O) groups is 1. The third kappa shape index (κ3) is 3.80. The third-order valence-electron chi connectivity index (χ3n) is 5.00. The van der Waals surface area contributed by atoms with E-state index in [9.17, 15) is 18.8 Å². The maximum Gasteiger partial charge on any atom is 0.336 e. The number of anilines is 1. The van der Waals surface area contributed by atoms with E-state index >= 15 is 0 Å². The third-order valence-corrected chi connectivity index (χ3v) is 6.30. The lowest BCUT2D eigenvalue weighted by atomic mass is 10.2. The Morgan fingerprint density at radius 2 is 1.94 bits per heavy atom. The highest BCUT2D eigenvalue weighted by Crippen LogP contribution is 2.23. The van der Waals surface area contributed by atoms with Gasteiger partial charge in [0.25, 0.3) is 5.56 Å². The SMILES string of the molecule is Cc1cc(-n2c(=O)c3sccc3n(CC(=O)Nc3cccc(Cl)c3C)c2=O)ccc1F. The van der Waals surface area contributed by atoms with Crippen molar-refractivity contribution in [1.29, 1.82) is 0 Å². The summed E-state index contributed by atoms with van der Waals surface area (Å²) < 4.78 is 16.2. The Labute approximate surface area is 185 Å². The average molecular weight is 458 g/mol. The number of aromatic nitrogens is 2. The zero-order valence-corrected chi connectivity index (χ0v) is 18.2. The molecule has 2 aromatic heterocycles. The van der Waals surface area contributed by atoms with Crippen molar-refractivity contribution < 1.29 is 9.18 Å². The number of nitrogens with zero attached hydrogens (tertiary/aromatic N) is 2. The van der Waals surface area contributed by atoms with Crippen molar-refractivity contribution in [2.75, 3.05) is 5.32 Å². The first-order valence-electron chi connectivity index (χ1n) is 9.32. The molecule has 6 nitrogen and oxygen atoms in total. The monoisotopic (exact) mass is 457 g/mol. The molecule has 1 N–H and O–H groups in total. The zero-order valence-electron chi connectivity index (χ0n) is 16.6. The zero-order chi connectivity index (χ0) is 22.3. The summed E-state index contributed by atoms with van der Waals surface area (Å²) in [6.07, 6.45) is 0. The van der Waals surface area contributed by atoms with Gasteiger partial charge >= 0.3 is 5.69 Å². The Morgan fingerprint density at radius 1 is 1.16 bits per heavy atom. The van der Waals surface area contributed by atoms with Gasteiger partial charge in [0, 0.05) is 10.7 Å². The highest BCUT2D eigenvalue weighted by atomic mass is 35.5. The molecule has 2 aromatic carbocycles. The summed E-state index contributed by atoms with van der Waals surface area (Å²) in [4.78, 5) is 39.0. The molecule has 2 heterocycles. The molecule has 4 aromatic rings. The number of halogens is 2. The van der Waals surface area contributed by atoms with Gasteiger partial charge < -0.3 is 5.32 Å². The molecular weight excluding hydrogens is 441 g/mol. The molecule has 0 unspecified atom stereocenters. The number of amides is 1. The topological polar surface area (TPSA) is 73.1 Å². The fourth-order valence-electron chi connectivity index (χ4n) is 3.31. The van der Waals surface area contributed by atoms with Gasteiger partial charge in [-0.2, -0.15) is 0 Å². The van der Waals surface area contributed by atoms with E-state index in [4.69, 9.17) is 11.6 Å². The predicted octanol–water partition coefficient (Wildman–Crippen LogP) is 4.26. The van der Waals surface area contributed by atoms with Gasteiger partial charge in [-0.05, 0) is 66.8 Å². The number of thiophene rings is 1. The minimum atomic E-state index is -0.681. The Hall–Kier alpha value is -3.23. The van der Waals surface area contributed by atoms with Crippen molar-refractivity contribution >= 4 is 44.7 Å². The number of hydrogen-bond donors (Lipinski definition) is 1. The van der Waals surface area contributed by atoms with E-state index in [1.165, 1.54) is 34.1 Å². The molecule has 0 atom stereocenters. The van der Waals surface area contributed by atoms with Crippen molar-refractivity contribution in [2.45, 2.75) is 20.4 Å². The Bertz CT molecular complexity index is 1450. The van der Waals surface area contributed by atoms with E-state index in [2.05, 4.69) is 5.32 Å². The summed E-state index contributed by atoms with van der Waals surface area (Å²) in [5, 5.41) is 4.95. The van der Waals surface area contributed by atoms with Gasteiger partial charge in [0.1, 0.15) is 17.1 Å². The van der Waals surface area contributed by atoms with Gasteiger partial charge in [0.15, 0.2) is 0 Å². The van der Waals surface area contributed by atoms with Crippen LogP contribution in [0.5, 0.6) is 0 Å². The quantitative estimate of drug-likeness (QED) is 0.497. The van der Waals surface area contributed by atoms with Crippen LogP contribution in [0.2, 0.25) is 5.02 Å². The predicted molar refractivity (Wildman–Crippen MR) is 121 cm³/mol. The lowest BCUT2D eigenvalue weighted by Crippen LogP contribution is -2.40. The van der Waals surface area contributed by atoms with E-state index in [0.29, 0.717) is 32.1 Å². The summed E-state index contributed by atoms with van der Waals surface area (Å²) in [5.74, 6) is -0.883. The Kier molecular flexibility index (Phi) is 5.51. The number of nitrogens with one attached hydrogen (secondary N) is 1. The first-order chi connectivity index (χ1) is 14.8. The Balaban J connectivity index is 1.81. The van der Waals surface area contributed by atoms with E-state index in [-0.39, 0.29) is 12.2 Å². The summed E-state index contributed by atoms with van der Waals surface area (Å²) in [7, 11) is 0. The normalized spacial score (nSPS) is 11.1. The molecule has 0 spiro atoms. The van der Waals surface area contributed by atoms with Crippen LogP contribution in [0.1, 0.15) is 11.1 Å². The number of benzene rings is 2. The second-order valence-electron chi connectivity index (χ2n) is 7.04. The average Bonchev–Trinajstić information content (AvgIpc) is 3.22. The molecule has 0 aliphatic rings. The van der Waals surface area contributed by atoms with Crippen LogP contribution in [-0.4, -0.2) is 15.0 Å². The van der Waals surface area contributed by atoms with Crippen molar-refractivity contribution in [3.8, 4) is 5.69 Å². The molecule has 0 fully saturated rings. The number of carbonyl (C=O) groups excluding carboxylic acids is 1. The highest BCUT2D eigenvalue weighted by molar-refractivity contribution is 7.17. The fraction of sp³-hybridized carbons (Fsp3) is 0.136. The lowest BCUT2D eigenvalue weighted by molar-refractivity contribution is -0.116. The van der Waals surface area contributed by atoms with E-state index in [0.717, 1.165) is 4.57 Å². The molecule has 4 rings (SSSR count). The maximum atomic E-state index is 13.7. The maximum absolute atomic E-state index is 13.7. The minimum absolute atomic E-state index is 0.240. The van der Waals surface area contributed by atoms with Crippen LogP contribution < -0.4 is 16.6 Å². The van der Waals surface area contributed by atoms with Gasteiger partial charge in [0.05, 0.1) is 11.2 Å². The molecule has 0 radical (unpaired) electrons. The number of hydrogen-bond acceptors (Lipinski definition) is 4. The van der Waals surface area contributed by atoms with Crippen LogP contribution in [0.25, 0.3) is 15.9 Å². The first kappa shape index (κ1) is 21.0. The molecule has 1 amide bonds. The fourth-order valence-corrected chi connectivity index (χ4v) is 4.31. The molecule has 31 heavy (non-hydrogen) atoms. The van der Waals surface area contributed by atoms with Gasteiger partial charge in [-0.15, -0.1) is 11.3 Å². The second kappa shape index (κ2) is 8.13. The second-order valence-corrected chi connectivity index (χ2v) is 8.36. The van der Waals surface area contributed by atoms with Crippen molar-refractivity contribution in [3.05, 3.63) is 90.6 Å². The summed E-state index contributed by atoms with van der Waals surface area (Å²) in [5.41, 5.74) is 0.961. The van der Waals surface area contributed by atoms with Crippen molar-refractivity contribution in [1.82, 2.24) is 9.13 Å².